The maximum atomic E-state index is 3.73. The predicted octanol–water partition coefficient (Wildman–Crippen LogP) is 8.37. The SMILES string of the molecule is C=C/C=C/CCCCc1cc(C)c(CCCC/C=C/C=C)c2ccc(C)cc12. The summed E-state index contributed by atoms with van der Waals surface area (Å²) in [5.74, 6) is 0. The standard InChI is InChI=1S/C28H36/c1-5-7-9-11-13-15-17-25-22-24(4)26(18-16-14-12-10-8-6-2)27-20-19-23(3)21-28(25)27/h5-10,19-22H,1-2,11-18H2,3-4H3/b9-7+,10-8+. The van der Waals surface area contributed by atoms with Gasteiger partial charge in [-0.2, -0.15) is 0 Å². The minimum atomic E-state index is 1.14. The third kappa shape index (κ3) is 6.68. The molecule has 0 atom stereocenters. The normalized spacial score (nSPS) is 11.6. The Morgan fingerprint density at radius 3 is 2.04 bits per heavy atom. The zero-order chi connectivity index (χ0) is 20.2. The fourth-order valence-electron chi connectivity index (χ4n) is 3.89. The van der Waals surface area contributed by atoms with Crippen molar-refractivity contribution in [1.82, 2.24) is 0 Å². The van der Waals surface area contributed by atoms with Crippen LogP contribution < -0.4 is 0 Å². The van der Waals surface area contributed by atoms with Crippen molar-refractivity contribution >= 4 is 10.8 Å². The van der Waals surface area contributed by atoms with Crippen LogP contribution in [0.3, 0.4) is 0 Å². The number of benzene rings is 2. The number of rotatable bonds is 12. The fourth-order valence-corrected chi connectivity index (χ4v) is 3.89. The van der Waals surface area contributed by atoms with Crippen molar-refractivity contribution in [1.29, 1.82) is 0 Å². The molecule has 0 heterocycles. The molecule has 0 saturated carbocycles. The van der Waals surface area contributed by atoms with Gasteiger partial charge in [-0.3, -0.25) is 0 Å². The molecule has 0 fully saturated rings. The van der Waals surface area contributed by atoms with Crippen LogP contribution in [-0.4, -0.2) is 0 Å². The first-order valence-corrected chi connectivity index (χ1v) is 10.7. The van der Waals surface area contributed by atoms with E-state index in [1.54, 1.807) is 5.56 Å². The zero-order valence-electron chi connectivity index (χ0n) is 17.8. The summed E-state index contributed by atoms with van der Waals surface area (Å²) < 4.78 is 0. The number of fused-ring (bicyclic) bond motifs is 1. The molecule has 0 N–H and O–H groups in total. The highest BCUT2D eigenvalue weighted by atomic mass is 14.1. The second-order valence-electron chi connectivity index (χ2n) is 7.70. The van der Waals surface area contributed by atoms with E-state index in [2.05, 4.69) is 63.4 Å². The minimum Gasteiger partial charge on any atom is -0.0991 e. The lowest BCUT2D eigenvalue weighted by molar-refractivity contribution is 0.743. The third-order valence-corrected chi connectivity index (χ3v) is 5.37. The molecule has 0 radical (unpaired) electrons. The molecule has 0 heteroatoms. The summed E-state index contributed by atoms with van der Waals surface area (Å²) in [5.41, 5.74) is 5.87. The zero-order valence-corrected chi connectivity index (χ0v) is 17.8. The van der Waals surface area contributed by atoms with Crippen molar-refractivity contribution in [3.63, 3.8) is 0 Å². The molecule has 0 aliphatic rings. The molecule has 0 aliphatic carbocycles. The Balaban J connectivity index is 2.13. The van der Waals surface area contributed by atoms with Crippen LogP contribution in [0.1, 0.15) is 60.8 Å². The first-order valence-electron chi connectivity index (χ1n) is 10.7. The van der Waals surface area contributed by atoms with Crippen LogP contribution in [-0.2, 0) is 12.8 Å². The number of hydrogen-bond donors (Lipinski definition) is 0. The van der Waals surface area contributed by atoms with Gasteiger partial charge in [0.2, 0.25) is 0 Å². The van der Waals surface area contributed by atoms with Gasteiger partial charge in [0.05, 0.1) is 0 Å². The molecule has 28 heavy (non-hydrogen) atoms. The van der Waals surface area contributed by atoms with Crippen LogP contribution in [0.15, 0.2) is 73.9 Å². The molecule has 0 nitrogen and oxygen atoms in total. The lowest BCUT2D eigenvalue weighted by Crippen LogP contribution is -1.98. The molecule has 148 valence electrons. The monoisotopic (exact) mass is 372 g/mol. The Hall–Kier alpha value is -2.34. The molecular formula is C28H36. The molecule has 0 saturated heterocycles. The number of allylic oxidation sites excluding steroid dienone is 6. The Morgan fingerprint density at radius 1 is 0.750 bits per heavy atom. The first kappa shape index (κ1) is 22.0. The van der Waals surface area contributed by atoms with Crippen molar-refractivity contribution in [3.8, 4) is 0 Å². The molecule has 2 rings (SSSR count). The average molecular weight is 373 g/mol. The summed E-state index contributed by atoms with van der Waals surface area (Å²) in [5, 5.41) is 2.93. The Labute approximate surface area is 172 Å². The molecule has 0 unspecified atom stereocenters. The van der Waals surface area contributed by atoms with Crippen LogP contribution in [0.2, 0.25) is 0 Å². The highest BCUT2D eigenvalue weighted by Gasteiger charge is 2.10. The van der Waals surface area contributed by atoms with Crippen molar-refractivity contribution in [2.45, 2.75) is 65.2 Å². The van der Waals surface area contributed by atoms with E-state index in [1.807, 2.05) is 24.3 Å². The van der Waals surface area contributed by atoms with Crippen molar-refractivity contribution in [3.05, 3.63) is 96.1 Å². The quantitative estimate of drug-likeness (QED) is 0.259. The number of aryl methyl sites for hydroxylation is 4. The smallest absolute Gasteiger partial charge is 0.0146 e. The van der Waals surface area contributed by atoms with E-state index in [0.717, 1.165) is 19.3 Å². The summed E-state index contributed by atoms with van der Waals surface area (Å²) in [6, 6.07) is 9.45. The largest absolute Gasteiger partial charge is 0.0991 e. The molecular weight excluding hydrogens is 336 g/mol. The second-order valence-corrected chi connectivity index (χ2v) is 7.70. The van der Waals surface area contributed by atoms with Gasteiger partial charge >= 0.3 is 0 Å². The highest BCUT2D eigenvalue weighted by molar-refractivity contribution is 5.90. The fraction of sp³-hybridized carbons (Fsp3) is 0.357. The Bertz CT molecular complexity index is 833. The predicted molar refractivity (Wildman–Crippen MR) is 127 cm³/mol. The number of hydrogen-bond acceptors (Lipinski definition) is 0. The summed E-state index contributed by atoms with van der Waals surface area (Å²) in [6.45, 7) is 12.0. The van der Waals surface area contributed by atoms with Gasteiger partial charge in [0, 0.05) is 0 Å². The summed E-state index contributed by atoms with van der Waals surface area (Å²) in [6.07, 6.45) is 21.8. The molecule has 2 aromatic carbocycles. The van der Waals surface area contributed by atoms with Gasteiger partial charge in [-0.05, 0) is 92.7 Å². The van der Waals surface area contributed by atoms with E-state index in [9.17, 15) is 0 Å². The summed E-state index contributed by atoms with van der Waals surface area (Å²) in [7, 11) is 0. The number of unbranched alkanes of at least 4 members (excludes halogenated alkanes) is 4. The van der Waals surface area contributed by atoms with Crippen LogP contribution in [0.4, 0.5) is 0 Å². The summed E-state index contributed by atoms with van der Waals surface area (Å²) >= 11 is 0. The van der Waals surface area contributed by atoms with Crippen LogP contribution in [0, 0.1) is 13.8 Å². The molecule has 0 spiro atoms. The van der Waals surface area contributed by atoms with E-state index in [0.29, 0.717) is 0 Å². The van der Waals surface area contributed by atoms with E-state index in [-0.39, 0.29) is 0 Å². The minimum absolute atomic E-state index is 1.14. The van der Waals surface area contributed by atoms with Gasteiger partial charge in [-0.25, -0.2) is 0 Å². The lowest BCUT2D eigenvalue weighted by Gasteiger charge is -2.16. The van der Waals surface area contributed by atoms with E-state index < -0.39 is 0 Å². The lowest BCUT2D eigenvalue weighted by atomic mass is 9.89. The van der Waals surface area contributed by atoms with Crippen LogP contribution in [0.5, 0.6) is 0 Å². The molecule has 0 aliphatic heterocycles. The van der Waals surface area contributed by atoms with Crippen LogP contribution in [0.25, 0.3) is 10.8 Å². The first-order chi connectivity index (χ1) is 13.7. The van der Waals surface area contributed by atoms with Gasteiger partial charge in [0.1, 0.15) is 0 Å². The van der Waals surface area contributed by atoms with Crippen molar-refractivity contribution < 1.29 is 0 Å². The van der Waals surface area contributed by atoms with E-state index in [1.165, 1.54) is 59.6 Å². The van der Waals surface area contributed by atoms with Gasteiger partial charge in [0.15, 0.2) is 0 Å². The van der Waals surface area contributed by atoms with Crippen molar-refractivity contribution in [2.24, 2.45) is 0 Å². The Morgan fingerprint density at radius 2 is 1.39 bits per heavy atom. The molecule has 0 amide bonds. The molecule has 2 aromatic rings. The van der Waals surface area contributed by atoms with Gasteiger partial charge < -0.3 is 0 Å². The van der Waals surface area contributed by atoms with E-state index in [4.69, 9.17) is 0 Å². The average Bonchev–Trinajstić information content (AvgIpc) is 2.69. The second kappa shape index (κ2) is 12.2. The van der Waals surface area contributed by atoms with Gasteiger partial charge in [-0.15, -0.1) is 0 Å². The maximum Gasteiger partial charge on any atom is -0.0146 e. The Kier molecular flexibility index (Phi) is 9.55. The third-order valence-electron chi connectivity index (χ3n) is 5.37. The summed E-state index contributed by atoms with van der Waals surface area (Å²) in [4.78, 5) is 0. The van der Waals surface area contributed by atoms with Crippen molar-refractivity contribution in [2.75, 3.05) is 0 Å². The molecule has 0 aromatic heterocycles. The van der Waals surface area contributed by atoms with Gasteiger partial charge in [-0.1, -0.05) is 79.4 Å². The van der Waals surface area contributed by atoms with E-state index >= 15 is 0 Å². The topological polar surface area (TPSA) is 0 Å². The van der Waals surface area contributed by atoms with Crippen LogP contribution >= 0.6 is 0 Å². The molecule has 0 bridgehead atoms. The maximum absolute atomic E-state index is 3.73. The highest BCUT2D eigenvalue weighted by Crippen LogP contribution is 2.30. The van der Waals surface area contributed by atoms with Gasteiger partial charge in [0.25, 0.3) is 0 Å².